The lowest BCUT2D eigenvalue weighted by atomic mass is 10.1. The van der Waals surface area contributed by atoms with Crippen LogP contribution in [0.4, 0.5) is 5.95 Å². The highest BCUT2D eigenvalue weighted by Gasteiger charge is 2.32. The zero-order valence-electron chi connectivity index (χ0n) is 15.0. The van der Waals surface area contributed by atoms with Gasteiger partial charge in [0.25, 0.3) is 5.56 Å². The number of nitrogens with one attached hydrogen (secondary N) is 2. The van der Waals surface area contributed by atoms with Crippen LogP contribution in [-0.4, -0.2) is 15.9 Å². The Labute approximate surface area is 156 Å². The average molecular weight is 360 g/mol. The lowest BCUT2D eigenvalue weighted by Gasteiger charge is -2.18. The van der Waals surface area contributed by atoms with Gasteiger partial charge in [-0.1, -0.05) is 60.7 Å². The Kier molecular flexibility index (Phi) is 4.56. The van der Waals surface area contributed by atoms with E-state index in [4.69, 9.17) is 0 Å². The minimum Gasteiger partial charge on any atom is -0.291 e. The molecule has 0 bridgehead atoms. The summed E-state index contributed by atoms with van der Waals surface area (Å²) < 4.78 is 0. The van der Waals surface area contributed by atoms with E-state index < -0.39 is 0 Å². The van der Waals surface area contributed by atoms with E-state index in [1.54, 1.807) is 6.92 Å². The zero-order valence-corrected chi connectivity index (χ0v) is 15.0. The third-order valence-electron chi connectivity index (χ3n) is 4.76. The summed E-state index contributed by atoms with van der Waals surface area (Å²) in [5, 5.41) is 1.35. The first kappa shape index (κ1) is 17.2. The molecular formula is C21H20N4O2. The number of carbonyl (C=O) groups is 1. The van der Waals surface area contributed by atoms with E-state index in [2.05, 4.69) is 15.4 Å². The monoisotopic (exact) mass is 360 g/mol. The fourth-order valence-electron chi connectivity index (χ4n) is 3.31. The number of hydrogen-bond donors (Lipinski definition) is 2. The van der Waals surface area contributed by atoms with E-state index >= 15 is 0 Å². The Bertz CT molecular complexity index is 1020. The maximum absolute atomic E-state index is 12.6. The van der Waals surface area contributed by atoms with E-state index in [9.17, 15) is 9.59 Å². The third kappa shape index (κ3) is 3.52. The molecule has 6 nitrogen and oxygen atoms in total. The van der Waals surface area contributed by atoms with Gasteiger partial charge in [-0.25, -0.2) is 15.4 Å². The Morgan fingerprint density at radius 1 is 1.04 bits per heavy atom. The number of hydrogen-bond acceptors (Lipinski definition) is 4. The molecule has 6 heteroatoms. The van der Waals surface area contributed by atoms with Gasteiger partial charge in [-0.3, -0.25) is 14.6 Å². The molecule has 0 spiro atoms. The molecule has 0 radical (unpaired) electrons. The number of aromatic nitrogens is 2. The number of benzene rings is 2. The Hall–Kier alpha value is -3.25. The number of anilines is 1. The number of carbonyl (C=O) groups excluding carboxylic acids is 1. The van der Waals surface area contributed by atoms with Crippen LogP contribution in [0.15, 0.2) is 65.5 Å². The van der Waals surface area contributed by atoms with Gasteiger partial charge in [0.1, 0.15) is 0 Å². The number of hydrazine groups is 1. The zero-order chi connectivity index (χ0) is 18.8. The number of rotatable bonds is 4. The standard InChI is InChI=1S/C21H20N4O2/c1-14-17(12-15-8-4-2-5-9-15)20(27)23-21(22-14)25-19(26)13-18(24-25)16-10-6-3-7-11-16/h2-11,18,24H,12-13H2,1H3,(H,22,23,27). The fraction of sp³-hybridized carbons (Fsp3) is 0.190. The van der Waals surface area contributed by atoms with Crippen molar-refractivity contribution in [2.24, 2.45) is 0 Å². The second-order valence-electron chi connectivity index (χ2n) is 6.64. The van der Waals surface area contributed by atoms with Gasteiger partial charge in [-0.15, -0.1) is 0 Å². The summed E-state index contributed by atoms with van der Waals surface area (Å²) >= 11 is 0. The van der Waals surface area contributed by atoms with Crippen molar-refractivity contribution in [3.63, 3.8) is 0 Å². The lowest BCUT2D eigenvalue weighted by Crippen LogP contribution is -2.38. The quantitative estimate of drug-likeness (QED) is 0.750. The predicted octanol–water partition coefficient (Wildman–Crippen LogP) is 2.65. The molecule has 1 fully saturated rings. The van der Waals surface area contributed by atoms with Gasteiger partial charge in [0.2, 0.25) is 11.9 Å². The van der Waals surface area contributed by atoms with Crippen LogP contribution in [0.5, 0.6) is 0 Å². The summed E-state index contributed by atoms with van der Waals surface area (Å²) in [6.07, 6.45) is 0.821. The van der Waals surface area contributed by atoms with Crippen LogP contribution < -0.4 is 16.0 Å². The van der Waals surface area contributed by atoms with Crippen molar-refractivity contribution in [1.29, 1.82) is 0 Å². The van der Waals surface area contributed by atoms with Crippen molar-refractivity contribution in [1.82, 2.24) is 15.4 Å². The van der Waals surface area contributed by atoms with Crippen LogP contribution in [0.3, 0.4) is 0 Å². The van der Waals surface area contributed by atoms with Crippen LogP contribution >= 0.6 is 0 Å². The average Bonchev–Trinajstić information content (AvgIpc) is 3.08. The van der Waals surface area contributed by atoms with E-state index in [0.717, 1.165) is 11.1 Å². The van der Waals surface area contributed by atoms with E-state index in [0.29, 0.717) is 24.1 Å². The van der Waals surface area contributed by atoms with Crippen LogP contribution in [0.25, 0.3) is 0 Å². The van der Waals surface area contributed by atoms with E-state index in [-0.39, 0.29) is 23.5 Å². The van der Waals surface area contributed by atoms with Gasteiger partial charge in [-0.2, -0.15) is 0 Å². The van der Waals surface area contributed by atoms with Gasteiger partial charge < -0.3 is 0 Å². The first-order valence-electron chi connectivity index (χ1n) is 8.89. The van der Waals surface area contributed by atoms with Gasteiger partial charge in [0.15, 0.2) is 0 Å². The van der Waals surface area contributed by atoms with Crippen molar-refractivity contribution in [2.45, 2.75) is 25.8 Å². The molecule has 136 valence electrons. The largest absolute Gasteiger partial charge is 0.291 e. The Morgan fingerprint density at radius 3 is 2.37 bits per heavy atom. The van der Waals surface area contributed by atoms with E-state index in [1.807, 2.05) is 60.7 Å². The summed E-state index contributed by atoms with van der Waals surface area (Å²) in [5.74, 6) is 0.111. The van der Waals surface area contributed by atoms with Crippen LogP contribution in [0.2, 0.25) is 0 Å². The molecule has 2 aromatic carbocycles. The Morgan fingerprint density at radius 2 is 1.70 bits per heavy atom. The summed E-state index contributed by atoms with van der Waals surface area (Å²) in [5.41, 5.74) is 6.22. The minimum absolute atomic E-state index is 0.123. The van der Waals surface area contributed by atoms with Gasteiger partial charge >= 0.3 is 0 Å². The van der Waals surface area contributed by atoms with Crippen LogP contribution in [0, 0.1) is 6.92 Å². The van der Waals surface area contributed by atoms with Crippen molar-refractivity contribution in [3.05, 3.63) is 93.4 Å². The lowest BCUT2D eigenvalue weighted by molar-refractivity contribution is -0.117. The van der Waals surface area contributed by atoms with Gasteiger partial charge in [-0.05, 0) is 18.1 Å². The topological polar surface area (TPSA) is 78.1 Å². The van der Waals surface area contributed by atoms with Gasteiger partial charge in [0.05, 0.1) is 11.7 Å². The fourth-order valence-corrected chi connectivity index (χ4v) is 3.31. The molecule has 1 aliphatic rings. The molecule has 27 heavy (non-hydrogen) atoms. The number of aryl methyl sites for hydroxylation is 1. The van der Waals surface area contributed by atoms with Crippen LogP contribution in [0.1, 0.15) is 34.8 Å². The molecule has 1 atom stereocenters. The molecule has 1 aromatic heterocycles. The number of nitrogens with zero attached hydrogens (tertiary/aromatic N) is 2. The predicted molar refractivity (Wildman–Crippen MR) is 103 cm³/mol. The molecule has 1 amide bonds. The normalized spacial score (nSPS) is 16.7. The van der Waals surface area contributed by atoms with E-state index in [1.165, 1.54) is 5.01 Å². The second kappa shape index (κ2) is 7.17. The SMILES string of the molecule is Cc1nc(N2NC(c3ccccc3)CC2=O)[nH]c(=O)c1Cc1ccccc1. The number of H-pyrrole nitrogens is 1. The van der Waals surface area contributed by atoms with Crippen molar-refractivity contribution >= 4 is 11.9 Å². The summed E-state index contributed by atoms with van der Waals surface area (Å²) in [6.45, 7) is 1.80. The molecule has 4 rings (SSSR count). The first-order chi connectivity index (χ1) is 13.1. The summed E-state index contributed by atoms with van der Waals surface area (Å²) in [6, 6.07) is 19.4. The highest BCUT2D eigenvalue weighted by atomic mass is 16.2. The summed E-state index contributed by atoms with van der Waals surface area (Å²) in [7, 11) is 0. The number of amides is 1. The summed E-state index contributed by atoms with van der Waals surface area (Å²) in [4.78, 5) is 32.3. The molecule has 1 aliphatic heterocycles. The third-order valence-corrected chi connectivity index (χ3v) is 4.76. The molecule has 2 N–H and O–H groups in total. The molecule has 0 saturated carbocycles. The van der Waals surface area contributed by atoms with Crippen molar-refractivity contribution < 1.29 is 4.79 Å². The maximum atomic E-state index is 12.6. The highest BCUT2D eigenvalue weighted by molar-refractivity contribution is 5.93. The molecule has 3 aromatic rings. The number of aromatic amines is 1. The molecule has 2 heterocycles. The Balaban J connectivity index is 1.59. The molecule has 1 saturated heterocycles. The molecule has 1 unspecified atom stereocenters. The second-order valence-corrected chi connectivity index (χ2v) is 6.64. The van der Waals surface area contributed by atoms with Crippen molar-refractivity contribution in [3.8, 4) is 0 Å². The van der Waals surface area contributed by atoms with Crippen molar-refractivity contribution in [2.75, 3.05) is 5.01 Å². The minimum atomic E-state index is -0.223. The molecule has 0 aliphatic carbocycles. The maximum Gasteiger partial charge on any atom is 0.256 e. The van der Waals surface area contributed by atoms with Gasteiger partial charge in [0, 0.05) is 18.4 Å². The molecular weight excluding hydrogens is 340 g/mol. The smallest absolute Gasteiger partial charge is 0.256 e. The first-order valence-corrected chi connectivity index (χ1v) is 8.89. The van der Waals surface area contributed by atoms with Crippen LogP contribution in [-0.2, 0) is 11.2 Å². The highest BCUT2D eigenvalue weighted by Crippen LogP contribution is 2.25.